The summed E-state index contributed by atoms with van der Waals surface area (Å²) in [7, 11) is 0. The summed E-state index contributed by atoms with van der Waals surface area (Å²) in [5.41, 5.74) is 1.66. The normalized spacial score (nSPS) is 16.1. The summed E-state index contributed by atoms with van der Waals surface area (Å²) in [5.74, 6) is 0.486. The van der Waals surface area contributed by atoms with E-state index in [9.17, 15) is 9.59 Å². The number of amides is 2. The molecule has 1 unspecified atom stereocenters. The number of pyridine rings is 1. The van der Waals surface area contributed by atoms with Crippen molar-refractivity contribution < 1.29 is 14.3 Å². The third kappa shape index (κ3) is 3.96. The second kappa shape index (κ2) is 7.79. The molecule has 1 aliphatic heterocycles. The van der Waals surface area contributed by atoms with Crippen molar-refractivity contribution in [3.63, 3.8) is 0 Å². The first-order valence-corrected chi connectivity index (χ1v) is 8.41. The molecule has 6 nitrogen and oxygen atoms in total. The lowest BCUT2D eigenvalue weighted by atomic mass is 10.1. The van der Waals surface area contributed by atoms with Crippen molar-refractivity contribution in [2.45, 2.75) is 32.4 Å². The van der Waals surface area contributed by atoms with Crippen molar-refractivity contribution in [1.82, 2.24) is 10.3 Å². The Morgan fingerprint density at radius 2 is 2.12 bits per heavy atom. The molecule has 3 rings (SSSR count). The van der Waals surface area contributed by atoms with E-state index >= 15 is 0 Å². The summed E-state index contributed by atoms with van der Waals surface area (Å²) < 4.78 is 5.74. The third-order valence-electron chi connectivity index (χ3n) is 4.11. The number of carbonyl (C=O) groups excluding carboxylic acids is 2. The van der Waals surface area contributed by atoms with Gasteiger partial charge in [-0.2, -0.15) is 0 Å². The van der Waals surface area contributed by atoms with Crippen molar-refractivity contribution in [3.05, 3.63) is 54.4 Å². The highest BCUT2D eigenvalue weighted by Crippen LogP contribution is 2.34. The molecule has 0 fully saturated rings. The Bertz CT molecular complexity index is 749. The minimum atomic E-state index is -0.492. The SMILES string of the molecule is CCC1Oc2ccccc2N(CCC(=O)NCc2cccnc2)C1=O. The van der Waals surface area contributed by atoms with Gasteiger partial charge in [0.25, 0.3) is 5.91 Å². The van der Waals surface area contributed by atoms with Crippen LogP contribution in [0.25, 0.3) is 0 Å². The van der Waals surface area contributed by atoms with Gasteiger partial charge in [0, 0.05) is 31.9 Å². The first kappa shape index (κ1) is 17.0. The molecule has 0 aliphatic carbocycles. The van der Waals surface area contributed by atoms with Crippen LogP contribution >= 0.6 is 0 Å². The predicted octanol–water partition coefficient (Wildman–Crippen LogP) is 2.29. The van der Waals surface area contributed by atoms with Gasteiger partial charge in [-0.25, -0.2) is 0 Å². The number of aromatic nitrogens is 1. The Morgan fingerprint density at radius 1 is 1.28 bits per heavy atom. The highest BCUT2D eigenvalue weighted by Gasteiger charge is 2.32. The number of anilines is 1. The predicted molar refractivity (Wildman–Crippen MR) is 94.2 cm³/mol. The van der Waals surface area contributed by atoms with Crippen LogP contribution in [0, 0.1) is 0 Å². The molecule has 2 heterocycles. The van der Waals surface area contributed by atoms with E-state index in [0.717, 1.165) is 11.3 Å². The minimum absolute atomic E-state index is 0.0961. The molecule has 130 valence electrons. The molecule has 1 N–H and O–H groups in total. The number of para-hydroxylation sites is 2. The van der Waals surface area contributed by atoms with E-state index in [4.69, 9.17) is 4.74 Å². The van der Waals surface area contributed by atoms with E-state index in [1.807, 2.05) is 43.3 Å². The van der Waals surface area contributed by atoms with Gasteiger partial charge < -0.3 is 15.0 Å². The molecule has 0 spiro atoms. The van der Waals surface area contributed by atoms with E-state index in [1.54, 1.807) is 17.3 Å². The number of hydrogen-bond donors (Lipinski definition) is 1. The molecule has 6 heteroatoms. The van der Waals surface area contributed by atoms with Crippen LogP contribution in [0.2, 0.25) is 0 Å². The Balaban J connectivity index is 1.61. The maximum absolute atomic E-state index is 12.6. The van der Waals surface area contributed by atoms with Crippen molar-refractivity contribution in [1.29, 1.82) is 0 Å². The zero-order valence-corrected chi connectivity index (χ0v) is 14.1. The monoisotopic (exact) mass is 339 g/mol. The van der Waals surface area contributed by atoms with E-state index in [2.05, 4.69) is 10.3 Å². The largest absolute Gasteiger partial charge is 0.478 e. The number of nitrogens with one attached hydrogen (secondary N) is 1. The van der Waals surface area contributed by atoms with Crippen molar-refractivity contribution in [2.75, 3.05) is 11.4 Å². The van der Waals surface area contributed by atoms with Crippen LogP contribution in [-0.2, 0) is 16.1 Å². The fourth-order valence-electron chi connectivity index (χ4n) is 2.77. The molecule has 1 aliphatic rings. The van der Waals surface area contributed by atoms with Gasteiger partial charge in [0.1, 0.15) is 5.75 Å². The quantitative estimate of drug-likeness (QED) is 0.876. The summed E-state index contributed by atoms with van der Waals surface area (Å²) in [6, 6.07) is 11.2. The highest BCUT2D eigenvalue weighted by molar-refractivity contribution is 6.00. The first-order chi connectivity index (χ1) is 12.2. The molecular formula is C19H21N3O3. The molecule has 0 radical (unpaired) electrons. The molecule has 0 bridgehead atoms. The zero-order chi connectivity index (χ0) is 17.6. The molecule has 25 heavy (non-hydrogen) atoms. The van der Waals surface area contributed by atoms with Crippen LogP contribution in [-0.4, -0.2) is 29.4 Å². The van der Waals surface area contributed by atoms with Gasteiger partial charge in [-0.3, -0.25) is 14.6 Å². The maximum atomic E-state index is 12.6. The first-order valence-electron chi connectivity index (χ1n) is 8.41. The lowest BCUT2D eigenvalue weighted by Gasteiger charge is -2.33. The fourth-order valence-corrected chi connectivity index (χ4v) is 2.77. The topological polar surface area (TPSA) is 71.5 Å². The van der Waals surface area contributed by atoms with Crippen LogP contribution in [0.4, 0.5) is 5.69 Å². The molecule has 2 amide bonds. The average Bonchev–Trinajstić information content (AvgIpc) is 2.66. The molecule has 1 aromatic carbocycles. The van der Waals surface area contributed by atoms with Crippen LogP contribution in [0.1, 0.15) is 25.3 Å². The standard InChI is InChI=1S/C19H21N3O3/c1-2-16-19(24)22(15-7-3-4-8-17(15)25-16)11-9-18(23)21-13-14-6-5-10-20-12-14/h3-8,10,12,16H,2,9,11,13H2,1H3,(H,21,23). The summed E-state index contributed by atoms with van der Waals surface area (Å²) in [5, 5.41) is 2.85. The summed E-state index contributed by atoms with van der Waals surface area (Å²) in [4.78, 5) is 30.4. The lowest BCUT2D eigenvalue weighted by molar-refractivity contribution is -0.126. The molecule has 0 saturated heterocycles. The second-order valence-corrected chi connectivity index (χ2v) is 5.86. The van der Waals surface area contributed by atoms with Gasteiger partial charge in [-0.05, 0) is 30.2 Å². The van der Waals surface area contributed by atoms with Crippen LogP contribution in [0.15, 0.2) is 48.8 Å². The lowest BCUT2D eigenvalue weighted by Crippen LogP contribution is -2.46. The van der Waals surface area contributed by atoms with Crippen LogP contribution in [0.5, 0.6) is 5.75 Å². The van der Waals surface area contributed by atoms with Crippen molar-refractivity contribution in [2.24, 2.45) is 0 Å². The summed E-state index contributed by atoms with van der Waals surface area (Å²) in [6.45, 7) is 2.67. The minimum Gasteiger partial charge on any atom is -0.478 e. The van der Waals surface area contributed by atoms with Crippen LogP contribution < -0.4 is 15.0 Å². The number of benzene rings is 1. The summed E-state index contributed by atoms with van der Waals surface area (Å²) in [6.07, 6.45) is 3.74. The van der Waals surface area contributed by atoms with Crippen molar-refractivity contribution in [3.8, 4) is 5.75 Å². The van der Waals surface area contributed by atoms with Crippen molar-refractivity contribution >= 4 is 17.5 Å². The van der Waals surface area contributed by atoms with E-state index in [-0.39, 0.29) is 18.2 Å². The Morgan fingerprint density at radius 3 is 2.88 bits per heavy atom. The second-order valence-electron chi connectivity index (χ2n) is 5.86. The zero-order valence-electron chi connectivity index (χ0n) is 14.1. The molecule has 0 saturated carbocycles. The smallest absolute Gasteiger partial charge is 0.268 e. The van der Waals surface area contributed by atoms with Crippen LogP contribution in [0.3, 0.4) is 0 Å². The Hall–Kier alpha value is -2.89. The number of rotatable bonds is 6. The van der Waals surface area contributed by atoms with Gasteiger partial charge in [0.05, 0.1) is 5.69 Å². The third-order valence-corrected chi connectivity index (χ3v) is 4.11. The molecule has 1 aromatic heterocycles. The van der Waals surface area contributed by atoms with Gasteiger partial charge in [0.2, 0.25) is 5.91 Å². The number of fused-ring (bicyclic) bond motifs is 1. The number of ether oxygens (including phenoxy) is 1. The fraction of sp³-hybridized carbons (Fsp3) is 0.316. The van der Waals surface area contributed by atoms with E-state index < -0.39 is 6.10 Å². The highest BCUT2D eigenvalue weighted by atomic mass is 16.5. The molecule has 1 atom stereocenters. The van der Waals surface area contributed by atoms with E-state index in [1.165, 1.54) is 0 Å². The van der Waals surface area contributed by atoms with Gasteiger partial charge in [-0.15, -0.1) is 0 Å². The maximum Gasteiger partial charge on any atom is 0.268 e. The summed E-state index contributed by atoms with van der Waals surface area (Å²) >= 11 is 0. The van der Waals surface area contributed by atoms with Gasteiger partial charge in [0.15, 0.2) is 6.10 Å². The molecular weight excluding hydrogens is 318 g/mol. The van der Waals surface area contributed by atoms with Gasteiger partial charge >= 0.3 is 0 Å². The van der Waals surface area contributed by atoms with Gasteiger partial charge in [-0.1, -0.05) is 25.1 Å². The number of nitrogens with zero attached hydrogens (tertiary/aromatic N) is 2. The molecule has 2 aromatic rings. The Labute approximate surface area is 146 Å². The average molecular weight is 339 g/mol. The number of hydrogen-bond acceptors (Lipinski definition) is 4. The number of carbonyl (C=O) groups is 2. The Kier molecular flexibility index (Phi) is 5.28. The van der Waals surface area contributed by atoms with E-state index in [0.29, 0.717) is 25.3 Å².